The first kappa shape index (κ1) is 22.3. The molecule has 0 N–H and O–H groups in total. The lowest BCUT2D eigenvalue weighted by Gasteiger charge is -2.14. The van der Waals surface area contributed by atoms with Crippen LogP contribution in [0.15, 0.2) is 133 Å². The summed E-state index contributed by atoms with van der Waals surface area (Å²) in [4.78, 5) is 5.14. The molecule has 0 saturated carbocycles. The third-order valence-corrected chi connectivity index (χ3v) is 7.79. The summed E-state index contributed by atoms with van der Waals surface area (Å²) < 4.78 is 4.40. The van der Waals surface area contributed by atoms with Gasteiger partial charge >= 0.3 is 0 Å². The van der Waals surface area contributed by atoms with Gasteiger partial charge in [-0.2, -0.15) is 5.26 Å². The van der Waals surface area contributed by atoms with Crippen LogP contribution in [0.4, 0.5) is 0 Å². The van der Waals surface area contributed by atoms with Crippen LogP contribution in [0.2, 0.25) is 0 Å². The van der Waals surface area contributed by atoms with Gasteiger partial charge in [-0.3, -0.25) is 4.57 Å². The highest BCUT2D eigenvalue weighted by molar-refractivity contribution is 6.10. The Morgan fingerprint density at radius 1 is 0.475 bits per heavy atom. The Labute approximate surface area is 230 Å². The number of nitriles is 1. The van der Waals surface area contributed by atoms with Gasteiger partial charge in [0.1, 0.15) is 11.9 Å². The maximum Gasteiger partial charge on any atom is 0.138 e. The zero-order valence-corrected chi connectivity index (χ0v) is 21.5. The molecule has 0 amide bonds. The highest BCUT2D eigenvalue weighted by atomic mass is 15.1. The number of hydrogen-bond acceptors (Lipinski definition) is 2. The zero-order chi connectivity index (χ0) is 26.6. The van der Waals surface area contributed by atoms with Gasteiger partial charge < -0.3 is 4.57 Å². The minimum Gasteiger partial charge on any atom is -0.308 e. The van der Waals surface area contributed by atoms with E-state index in [4.69, 9.17) is 4.98 Å². The largest absolute Gasteiger partial charge is 0.308 e. The lowest BCUT2D eigenvalue weighted by Crippen LogP contribution is -2.02. The van der Waals surface area contributed by atoms with Gasteiger partial charge in [0, 0.05) is 27.1 Å². The summed E-state index contributed by atoms with van der Waals surface area (Å²) in [6.07, 6.45) is 0. The standard InChI is InChI=1S/C36H22N4/c37-23-29-24(15-9-21-35(29)39-31-17-5-1-11-25(31)26-12-2-6-18-32(26)39)30-16-10-22-36(38-30)40-33-19-7-3-13-27(33)28-14-4-8-20-34(28)40/h1-22H. The van der Waals surface area contributed by atoms with E-state index in [9.17, 15) is 5.26 Å². The van der Waals surface area contributed by atoms with Crippen molar-refractivity contribution in [3.63, 3.8) is 0 Å². The summed E-state index contributed by atoms with van der Waals surface area (Å²) in [5.41, 5.74) is 7.37. The highest BCUT2D eigenvalue weighted by Gasteiger charge is 2.19. The lowest BCUT2D eigenvalue weighted by atomic mass is 10.0. The topological polar surface area (TPSA) is 46.5 Å². The number of nitrogens with zero attached hydrogens (tertiary/aromatic N) is 4. The molecule has 8 rings (SSSR count). The van der Waals surface area contributed by atoms with Crippen LogP contribution in [0.1, 0.15) is 5.56 Å². The van der Waals surface area contributed by atoms with E-state index in [1.54, 1.807) is 0 Å². The van der Waals surface area contributed by atoms with E-state index in [0.29, 0.717) is 5.56 Å². The van der Waals surface area contributed by atoms with Crippen LogP contribution < -0.4 is 0 Å². The molecule has 4 nitrogen and oxygen atoms in total. The van der Waals surface area contributed by atoms with Crippen molar-refractivity contribution in [3.8, 4) is 28.8 Å². The SMILES string of the molecule is N#Cc1c(-c2cccc(-n3c4ccccc4c4ccccc43)n2)cccc1-n1c2ccccc2c2ccccc21. The third-order valence-electron chi connectivity index (χ3n) is 7.79. The van der Waals surface area contributed by atoms with E-state index in [2.05, 4.69) is 100 Å². The Balaban J connectivity index is 1.37. The first-order valence-corrected chi connectivity index (χ1v) is 13.3. The molecule has 4 heteroatoms. The second-order valence-corrected chi connectivity index (χ2v) is 9.93. The summed E-state index contributed by atoms with van der Waals surface area (Å²) >= 11 is 0. The number of aromatic nitrogens is 3. The molecule has 0 spiro atoms. The van der Waals surface area contributed by atoms with Crippen molar-refractivity contribution >= 4 is 43.6 Å². The van der Waals surface area contributed by atoms with E-state index in [0.717, 1.165) is 44.8 Å². The van der Waals surface area contributed by atoms with Gasteiger partial charge in [0.2, 0.25) is 0 Å². The number of pyridine rings is 1. The van der Waals surface area contributed by atoms with E-state index in [1.807, 2.05) is 48.5 Å². The summed E-state index contributed by atoms with van der Waals surface area (Å²) in [5.74, 6) is 0.820. The van der Waals surface area contributed by atoms with Crippen molar-refractivity contribution in [2.45, 2.75) is 0 Å². The number of hydrogen-bond donors (Lipinski definition) is 0. The fourth-order valence-corrected chi connectivity index (χ4v) is 6.11. The van der Waals surface area contributed by atoms with E-state index in [-0.39, 0.29) is 0 Å². The molecule has 5 aromatic carbocycles. The van der Waals surface area contributed by atoms with Gasteiger partial charge in [0.05, 0.1) is 39.0 Å². The minimum absolute atomic E-state index is 0.598. The predicted molar refractivity (Wildman–Crippen MR) is 163 cm³/mol. The Morgan fingerprint density at radius 3 is 1.48 bits per heavy atom. The molecule has 0 aliphatic heterocycles. The van der Waals surface area contributed by atoms with Crippen molar-refractivity contribution in [2.75, 3.05) is 0 Å². The Morgan fingerprint density at radius 2 is 0.950 bits per heavy atom. The van der Waals surface area contributed by atoms with Gasteiger partial charge in [-0.15, -0.1) is 0 Å². The molecule has 186 valence electrons. The van der Waals surface area contributed by atoms with Crippen molar-refractivity contribution in [2.24, 2.45) is 0 Å². The molecule has 0 unspecified atom stereocenters. The smallest absolute Gasteiger partial charge is 0.138 e. The monoisotopic (exact) mass is 510 g/mol. The van der Waals surface area contributed by atoms with E-state index in [1.165, 1.54) is 21.5 Å². The molecule has 0 fully saturated rings. The fourth-order valence-electron chi connectivity index (χ4n) is 6.11. The fraction of sp³-hybridized carbons (Fsp3) is 0. The Kier molecular flexibility index (Phi) is 4.85. The van der Waals surface area contributed by atoms with Crippen molar-refractivity contribution in [3.05, 3.63) is 139 Å². The molecule has 0 atom stereocenters. The second-order valence-electron chi connectivity index (χ2n) is 9.93. The molecule has 0 saturated heterocycles. The molecular formula is C36H22N4. The molecule has 3 aromatic heterocycles. The Bertz CT molecular complexity index is 2190. The maximum absolute atomic E-state index is 10.5. The summed E-state index contributed by atoms with van der Waals surface area (Å²) in [5, 5.41) is 15.3. The van der Waals surface area contributed by atoms with Gasteiger partial charge in [0.15, 0.2) is 0 Å². The molecular weight excluding hydrogens is 488 g/mol. The molecule has 0 aliphatic rings. The van der Waals surface area contributed by atoms with Crippen LogP contribution >= 0.6 is 0 Å². The average molecular weight is 511 g/mol. The van der Waals surface area contributed by atoms with Gasteiger partial charge in [-0.05, 0) is 42.5 Å². The van der Waals surface area contributed by atoms with Crippen LogP contribution in [-0.2, 0) is 0 Å². The number of fused-ring (bicyclic) bond motifs is 6. The van der Waals surface area contributed by atoms with Crippen LogP contribution in [0.3, 0.4) is 0 Å². The van der Waals surface area contributed by atoms with Crippen molar-refractivity contribution < 1.29 is 0 Å². The second kappa shape index (κ2) is 8.69. The molecule has 0 radical (unpaired) electrons. The summed E-state index contributed by atoms with van der Waals surface area (Å²) in [6.45, 7) is 0. The predicted octanol–water partition coefficient (Wildman–Crippen LogP) is 8.81. The molecule has 40 heavy (non-hydrogen) atoms. The molecule has 3 heterocycles. The summed E-state index contributed by atoms with van der Waals surface area (Å²) in [7, 11) is 0. The number of benzene rings is 5. The van der Waals surface area contributed by atoms with Gasteiger partial charge in [0.25, 0.3) is 0 Å². The van der Waals surface area contributed by atoms with Crippen LogP contribution in [0.25, 0.3) is 66.4 Å². The summed E-state index contributed by atoms with van der Waals surface area (Å²) in [6, 6.07) is 48.2. The Hall–Kier alpha value is -5.66. The normalized spacial score (nSPS) is 11.5. The first-order chi connectivity index (χ1) is 19.8. The maximum atomic E-state index is 10.5. The minimum atomic E-state index is 0.598. The number of rotatable bonds is 3. The highest BCUT2D eigenvalue weighted by Crippen LogP contribution is 2.36. The quantitative estimate of drug-likeness (QED) is 0.238. The van der Waals surface area contributed by atoms with Gasteiger partial charge in [-0.25, -0.2) is 4.98 Å². The van der Waals surface area contributed by atoms with Crippen LogP contribution in [0.5, 0.6) is 0 Å². The third kappa shape index (κ3) is 3.15. The van der Waals surface area contributed by atoms with Crippen molar-refractivity contribution in [1.82, 2.24) is 14.1 Å². The van der Waals surface area contributed by atoms with Crippen LogP contribution in [0, 0.1) is 11.3 Å². The number of para-hydroxylation sites is 4. The molecule has 0 aliphatic carbocycles. The van der Waals surface area contributed by atoms with Crippen LogP contribution in [-0.4, -0.2) is 14.1 Å². The van der Waals surface area contributed by atoms with E-state index < -0.39 is 0 Å². The first-order valence-electron chi connectivity index (χ1n) is 13.3. The molecule has 0 bridgehead atoms. The molecule has 8 aromatic rings. The van der Waals surface area contributed by atoms with Gasteiger partial charge in [-0.1, -0.05) is 91.0 Å². The lowest BCUT2D eigenvalue weighted by molar-refractivity contribution is 1.08. The van der Waals surface area contributed by atoms with E-state index >= 15 is 0 Å². The average Bonchev–Trinajstić information content (AvgIpc) is 3.54. The van der Waals surface area contributed by atoms with Crippen molar-refractivity contribution in [1.29, 1.82) is 5.26 Å². The zero-order valence-electron chi connectivity index (χ0n) is 21.5.